The molecule has 0 aliphatic rings. The second kappa shape index (κ2) is 4.10. The molecule has 0 bridgehead atoms. The van der Waals surface area contributed by atoms with Crippen molar-refractivity contribution in [3.63, 3.8) is 0 Å². The molecule has 1 aromatic carbocycles. The first-order valence-electron chi connectivity index (χ1n) is 4.78. The van der Waals surface area contributed by atoms with Crippen LogP contribution in [0.25, 0.3) is 0 Å². The molecule has 0 saturated heterocycles. The van der Waals surface area contributed by atoms with E-state index in [1.54, 1.807) is 19.1 Å². The lowest BCUT2D eigenvalue weighted by molar-refractivity contribution is 0.415. The van der Waals surface area contributed by atoms with Crippen LogP contribution in [-0.2, 0) is 10.0 Å². The lowest BCUT2D eigenvalue weighted by Crippen LogP contribution is -2.13. The number of aromatic nitrogens is 1. The average molecular weight is 253 g/mol. The third kappa shape index (κ3) is 2.39. The number of hydrogen-bond donors (Lipinski definition) is 2. The van der Waals surface area contributed by atoms with Gasteiger partial charge >= 0.3 is 0 Å². The minimum absolute atomic E-state index is 0.0955. The van der Waals surface area contributed by atoms with Crippen LogP contribution in [0.4, 0.5) is 11.4 Å². The topological polar surface area (TPSA) is 98.2 Å². The first-order valence-corrected chi connectivity index (χ1v) is 6.27. The van der Waals surface area contributed by atoms with Crippen LogP contribution < -0.4 is 10.5 Å². The Kier molecular flexibility index (Phi) is 2.76. The van der Waals surface area contributed by atoms with Crippen LogP contribution in [0.2, 0.25) is 0 Å². The SMILES string of the molecule is Cc1nocc1NS(=O)(=O)c1cccc(N)c1. The monoisotopic (exact) mass is 253 g/mol. The van der Waals surface area contributed by atoms with Crippen molar-refractivity contribution >= 4 is 21.4 Å². The highest BCUT2D eigenvalue weighted by atomic mass is 32.2. The predicted molar refractivity (Wildman–Crippen MR) is 62.9 cm³/mol. The van der Waals surface area contributed by atoms with Crippen LogP contribution in [0.3, 0.4) is 0 Å². The largest absolute Gasteiger partial charge is 0.399 e. The Morgan fingerprint density at radius 3 is 2.76 bits per heavy atom. The molecule has 2 rings (SSSR count). The summed E-state index contributed by atoms with van der Waals surface area (Å²) in [6.45, 7) is 1.64. The molecule has 0 aliphatic carbocycles. The van der Waals surface area contributed by atoms with Gasteiger partial charge in [-0.15, -0.1) is 0 Å². The third-order valence-electron chi connectivity index (χ3n) is 2.16. The number of rotatable bonds is 3. The summed E-state index contributed by atoms with van der Waals surface area (Å²) in [4.78, 5) is 0.0955. The van der Waals surface area contributed by atoms with Crippen molar-refractivity contribution in [1.29, 1.82) is 0 Å². The van der Waals surface area contributed by atoms with E-state index in [0.717, 1.165) is 0 Å². The number of nitrogens with one attached hydrogen (secondary N) is 1. The smallest absolute Gasteiger partial charge is 0.262 e. The van der Waals surface area contributed by atoms with E-state index in [2.05, 4.69) is 14.4 Å². The highest BCUT2D eigenvalue weighted by Gasteiger charge is 2.16. The zero-order chi connectivity index (χ0) is 12.5. The number of benzene rings is 1. The molecule has 0 saturated carbocycles. The van der Waals surface area contributed by atoms with E-state index < -0.39 is 10.0 Å². The first kappa shape index (κ1) is 11.5. The quantitative estimate of drug-likeness (QED) is 0.805. The van der Waals surface area contributed by atoms with E-state index in [0.29, 0.717) is 17.1 Å². The molecule has 7 heteroatoms. The van der Waals surface area contributed by atoms with Crippen molar-refractivity contribution < 1.29 is 12.9 Å². The van der Waals surface area contributed by atoms with Gasteiger partial charge in [0.15, 0.2) is 0 Å². The van der Waals surface area contributed by atoms with Crippen molar-refractivity contribution in [1.82, 2.24) is 5.16 Å². The standard InChI is InChI=1S/C10H11N3O3S/c1-7-10(6-16-12-7)13-17(14,15)9-4-2-3-8(11)5-9/h2-6,13H,11H2,1H3. The van der Waals surface area contributed by atoms with Crippen LogP contribution in [-0.4, -0.2) is 13.6 Å². The van der Waals surface area contributed by atoms with Crippen LogP contribution in [0.15, 0.2) is 39.9 Å². The molecule has 3 N–H and O–H groups in total. The number of anilines is 2. The Morgan fingerprint density at radius 2 is 2.18 bits per heavy atom. The van der Waals surface area contributed by atoms with E-state index in [1.807, 2.05) is 0 Å². The first-order chi connectivity index (χ1) is 7.99. The average Bonchev–Trinajstić information content (AvgIpc) is 2.64. The number of nitrogen functional groups attached to an aromatic ring is 1. The van der Waals surface area contributed by atoms with Gasteiger partial charge in [-0.3, -0.25) is 4.72 Å². The van der Waals surface area contributed by atoms with Crippen molar-refractivity contribution in [3.8, 4) is 0 Å². The van der Waals surface area contributed by atoms with Gasteiger partial charge in [0.05, 0.1) is 4.90 Å². The minimum Gasteiger partial charge on any atom is -0.399 e. The lowest BCUT2D eigenvalue weighted by atomic mass is 10.3. The predicted octanol–water partition coefficient (Wildman–Crippen LogP) is 1.37. The van der Waals surface area contributed by atoms with E-state index in [1.165, 1.54) is 18.4 Å². The summed E-state index contributed by atoms with van der Waals surface area (Å²) in [5.74, 6) is 0. The van der Waals surface area contributed by atoms with Gasteiger partial charge in [-0.25, -0.2) is 8.42 Å². The molecule has 0 aliphatic heterocycles. The Bertz CT molecular complexity index is 634. The Balaban J connectivity index is 2.35. The molecule has 0 radical (unpaired) electrons. The minimum atomic E-state index is -3.66. The maximum absolute atomic E-state index is 12.0. The molecule has 1 aromatic heterocycles. The maximum atomic E-state index is 12.0. The van der Waals surface area contributed by atoms with Gasteiger partial charge in [0.25, 0.3) is 10.0 Å². The van der Waals surface area contributed by atoms with E-state index >= 15 is 0 Å². The van der Waals surface area contributed by atoms with Gasteiger partial charge in [0.1, 0.15) is 17.6 Å². The Morgan fingerprint density at radius 1 is 1.41 bits per heavy atom. The van der Waals surface area contributed by atoms with Gasteiger partial charge in [0, 0.05) is 5.69 Å². The molecule has 0 spiro atoms. The summed E-state index contributed by atoms with van der Waals surface area (Å²) >= 11 is 0. The summed E-state index contributed by atoms with van der Waals surface area (Å²) < 4.78 is 31.0. The zero-order valence-corrected chi connectivity index (χ0v) is 9.86. The fourth-order valence-electron chi connectivity index (χ4n) is 1.28. The Hall–Kier alpha value is -2.02. The highest BCUT2D eigenvalue weighted by Crippen LogP contribution is 2.19. The van der Waals surface area contributed by atoms with Crippen LogP contribution in [0.1, 0.15) is 5.69 Å². The van der Waals surface area contributed by atoms with Gasteiger partial charge in [-0.1, -0.05) is 11.2 Å². The summed E-state index contributed by atoms with van der Waals surface area (Å²) in [6, 6.07) is 6.03. The molecule has 90 valence electrons. The fourth-order valence-corrected chi connectivity index (χ4v) is 2.43. The van der Waals surface area contributed by atoms with Crippen LogP contribution in [0.5, 0.6) is 0 Å². The summed E-state index contributed by atoms with van der Waals surface area (Å²) in [5.41, 5.74) is 6.70. The summed E-state index contributed by atoms with van der Waals surface area (Å²) in [7, 11) is -3.66. The van der Waals surface area contributed by atoms with Crippen LogP contribution in [0, 0.1) is 6.92 Å². The van der Waals surface area contributed by atoms with Crippen molar-refractivity contribution in [2.45, 2.75) is 11.8 Å². The maximum Gasteiger partial charge on any atom is 0.262 e. The zero-order valence-electron chi connectivity index (χ0n) is 9.04. The van der Waals surface area contributed by atoms with Crippen molar-refractivity contribution in [2.24, 2.45) is 0 Å². The molecule has 0 amide bonds. The van der Waals surface area contributed by atoms with Gasteiger partial charge < -0.3 is 10.3 Å². The summed E-state index contributed by atoms with van der Waals surface area (Å²) in [5, 5.41) is 3.59. The van der Waals surface area contributed by atoms with E-state index in [9.17, 15) is 8.42 Å². The molecule has 0 fully saturated rings. The van der Waals surface area contributed by atoms with Gasteiger partial charge in [-0.2, -0.15) is 0 Å². The second-order valence-electron chi connectivity index (χ2n) is 3.49. The van der Waals surface area contributed by atoms with Crippen LogP contribution >= 0.6 is 0 Å². The van der Waals surface area contributed by atoms with Crippen molar-refractivity contribution in [2.75, 3.05) is 10.5 Å². The lowest BCUT2D eigenvalue weighted by Gasteiger charge is -2.06. The molecule has 0 unspecified atom stereocenters. The van der Waals surface area contributed by atoms with Crippen molar-refractivity contribution in [3.05, 3.63) is 36.2 Å². The van der Waals surface area contributed by atoms with E-state index in [-0.39, 0.29) is 4.90 Å². The number of nitrogens with zero attached hydrogens (tertiary/aromatic N) is 1. The molecule has 1 heterocycles. The molecular formula is C10H11N3O3S. The normalized spacial score (nSPS) is 11.4. The molecule has 0 atom stereocenters. The number of aryl methyl sites for hydroxylation is 1. The number of hydrogen-bond acceptors (Lipinski definition) is 5. The Labute approximate surface area is 98.5 Å². The molecule has 2 aromatic rings. The second-order valence-corrected chi connectivity index (χ2v) is 5.17. The molecular weight excluding hydrogens is 242 g/mol. The molecule has 17 heavy (non-hydrogen) atoms. The number of nitrogens with two attached hydrogens (primary N) is 1. The fraction of sp³-hybridized carbons (Fsp3) is 0.100. The summed E-state index contributed by atoms with van der Waals surface area (Å²) in [6.07, 6.45) is 1.24. The molecule has 6 nitrogen and oxygen atoms in total. The third-order valence-corrected chi connectivity index (χ3v) is 3.53. The van der Waals surface area contributed by atoms with Gasteiger partial charge in [0.2, 0.25) is 0 Å². The van der Waals surface area contributed by atoms with Gasteiger partial charge in [-0.05, 0) is 25.1 Å². The highest BCUT2D eigenvalue weighted by molar-refractivity contribution is 7.92. The van der Waals surface area contributed by atoms with E-state index in [4.69, 9.17) is 5.73 Å². The number of sulfonamides is 1.